The first-order valence-electron chi connectivity index (χ1n) is 5.39. The van der Waals surface area contributed by atoms with Gasteiger partial charge in [-0.05, 0) is 29.8 Å². The quantitative estimate of drug-likeness (QED) is 0.914. The second-order valence-corrected chi connectivity index (χ2v) is 4.70. The number of anilines is 1. The van der Waals surface area contributed by atoms with E-state index in [-0.39, 0.29) is 5.91 Å². The lowest BCUT2D eigenvalue weighted by molar-refractivity contribution is 0.0946. The van der Waals surface area contributed by atoms with Gasteiger partial charge in [-0.2, -0.15) is 0 Å². The van der Waals surface area contributed by atoms with Crippen molar-refractivity contribution in [3.63, 3.8) is 0 Å². The molecular formula is C13H12BrN3O. The van der Waals surface area contributed by atoms with E-state index in [4.69, 9.17) is 5.73 Å². The van der Waals surface area contributed by atoms with Crippen molar-refractivity contribution >= 4 is 27.5 Å². The summed E-state index contributed by atoms with van der Waals surface area (Å²) in [5.41, 5.74) is 7.47. The molecule has 1 aromatic heterocycles. The number of carbonyl (C=O) groups is 1. The third kappa shape index (κ3) is 3.30. The third-order valence-electron chi connectivity index (χ3n) is 2.38. The van der Waals surface area contributed by atoms with Crippen LogP contribution in [0.1, 0.15) is 16.1 Å². The first-order chi connectivity index (χ1) is 8.65. The van der Waals surface area contributed by atoms with E-state index in [1.54, 1.807) is 12.1 Å². The number of hydrogen-bond acceptors (Lipinski definition) is 3. The lowest BCUT2D eigenvalue weighted by Crippen LogP contribution is -2.23. The van der Waals surface area contributed by atoms with E-state index in [0.29, 0.717) is 17.9 Å². The molecule has 0 aliphatic carbocycles. The van der Waals surface area contributed by atoms with Crippen LogP contribution in [0.5, 0.6) is 0 Å². The van der Waals surface area contributed by atoms with Crippen LogP contribution in [0.2, 0.25) is 0 Å². The predicted molar refractivity (Wildman–Crippen MR) is 74.0 cm³/mol. The molecular weight excluding hydrogens is 294 g/mol. The van der Waals surface area contributed by atoms with Gasteiger partial charge >= 0.3 is 0 Å². The zero-order valence-electron chi connectivity index (χ0n) is 9.56. The molecule has 5 heteroatoms. The molecule has 1 heterocycles. The fraction of sp³-hybridized carbons (Fsp3) is 0.0769. The smallest absolute Gasteiger partial charge is 0.270 e. The highest BCUT2D eigenvalue weighted by atomic mass is 79.9. The number of halogens is 1. The second kappa shape index (κ2) is 5.64. The summed E-state index contributed by atoms with van der Waals surface area (Å²) < 4.78 is 1.01. The molecule has 3 N–H and O–H groups in total. The van der Waals surface area contributed by atoms with Gasteiger partial charge in [-0.1, -0.05) is 28.1 Å². The molecule has 0 saturated carbocycles. The summed E-state index contributed by atoms with van der Waals surface area (Å²) >= 11 is 3.36. The maximum absolute atomic E-state index is 11.8. The van der Waals surface area contributed by atoms with Gasteiger partial charge in [-0.15, -0.1) is 0 Å². The number of nitrogens with zero attached hydrogens (tertiary/aromatic N) is 1. The minimum atomic E-state index is -0.231. The monoisotopic (exact) mass is 305 g/mol. The van der Waals surface area contributed by atoms with Crippen LogP contribution in [-0.4, -0.2) is 10.9 Å². The summed E-state index contributed by atoms with van der Waals surface area (Å²) in [4.78, 5) is 15.8. The zero-order valence-corrected chi connectivity index (χ0v) is 11.1. The molecule has 0 atom stereocenters. The summed E-state index contributed by atoms with van der Waals surface area (Å²) in [7, 11) is 0. The molecule has 1 aromatic carbocycles. The van der Waals surface area contributed by atoms with Gasteiger partial charge in [0, 0.05) is 22.9 Å². The van der Waals surface area contributed by atoms with Crippen molar-refractivity contribution in [1.29, 1.82) is 0 Å². The van der Waals surface area contributed by atoms with E-state index in [1.807, 2.05) is 24.3 Å². The Morgan fingerprint density at radius 2 is 2.00 bits per heavy atom. The Hall–Kier alpha value is -1.88. The molecule has 0 spiro atoms. The number of nitrogens with two attached hydrogens (primary N) is 1. The van der Waals surface area contributed by atoms with Crippen LogP contribution in [0.3, 0.4) is 0 Å². The molecule has 0 saturated heterocycles. The van der Waals surface area contributed by atoms with Crippen molar-refractivity contribution in [2.75, 3.05) is 5.73 Å². The normalized spacial score (nSPS) is 10.1. The number of carbonyl (C=O) groups excluding carboxylic acids is 1. The fourth-order valence-corrected chi connectivity index (χ4v) is 1.71. The van der Waals surface area contributed by atoms with Crippen molar-refractivity contribution in [1.82, 2.24) is 10.3 Å². The maximum atomic E-state index is 11.8. The van der Waals surface area contributed by atoms with Crippen molar-refractivity contribution in [3.05, 3.63) is 58.3 Å². The molecule has 1 amide bonds. The molecule has 92 valence electrons. The lowest BCUT2D eigenvalue weighted by Gasteiger charge is -2.05. The maximum Gasteiger partial charge on any atom is 0.270 e. The standard InChI is InChI=1S/C13H12BrN3O/c14-10-3-1-9(2-4-10)8-17-13(18)12-7-11(15)5-6-16-12/h1-7H,8H2,(H2,15,16)(H,17,18). The zero-order chi connectivity index (χ0) is 13.0. The number of aromatic nitrogens is 1. The summed E-state index contributed by atoms with van der Waals surface area (Å²) in [5.74, 6) is -0.231. The Morgan fingerprint density at radius 1 is 1.28 bits per heavy atom. The lowest BCUT2D eigenvalue weighted by atomic mass is 10.2. The first-order valence-corrected chi connectivity index (χ1v) is 6.18. The minimum absolute atomic E-state index is 0.231. The predicted octanol–water partition coefficient (Wildman–Crippen LogP) is 2.36. The summed E-state index contributed by atoms with van der Waals surface area (Å²) in [6.07, 6.45) is 1.52. The second-order valence-electron chi connectivity index (χ2n) is 3.78. The highest BCUT2D eigenvalue weighted by molar-refractivity contribution is 9.10. The average Bonchev–Trinajstić information content (AvgIpc) is 2.38. The Labute approximate surface area is 113 Å². The van der Waals surface area contributed by atoms with Gasteiger partial charge < -0.3 is 11.1 Å². The molecule has 0 fully saturated rings. The average molecular weight is 306 g/mol. The van der Waals surface area contributed by atoms with Crippen molar-refractivity contribution in [3.8, 4) is 0 Å². The van der Waals surface area contributed by atoms with Crippen LogP contribution in [0.15, 0.2) is 47.1 Å². The number of amides is 1. The summed E-state index contributed by atoms with van der Waals surface area (Å²) in [5, 5.41) is 2.79. The van der Waals surface area contributed by atoms with E-state index >= 15 is 0 Å². The molecule has 0 aliphatic heterocycles. The Morgan fingerprint density at radius 3 is 2.67 bits per heavy atom. The topological polar surface area (TPSA) is 68.0 Å². The van der Waals surface area contributed by atoms with Crippen LogP contribution in [-0.2, 0) is 6.54 Å². The van der Waals surface area contributed by atoms with E-state index in [0.717, 1.165) is 10.0 Å². The van der Waals surface area contributed by atoms with Gasteiger partial charge in [0.2, 0.25) is 0 Å². The van der Waals surface area contributed by atoms with E-state index in [2.05, 4.69) is 26.2 Å². The van der Waals surface area contributed by atoms with E-state index in [9.17, 15) is 4.79 Å². The first kappa shape index (κ1) is 12.6. The van der Waals surface area contributed by atoms with E-state index < -0.39 is 0 Å². The third-order valence-corrected chi connectivity index (χ3v) is 2.91. The van der Waals surface area contributed by atoms with Gasteiger partial charge in [0.1, 0.15) is 5.69 Å². The minimum Gasteiger partial charge on any atom is -0.399 e. The number of nitrogen functional groups attached to an aromatic ring is 1. The number of hydrogen-bond donors (Lipinski definition) is 2. The molecule has 2 aromatic rings. The van der Waals surface area contributed by atoms with Crippen molar-refractivity contribution in [2.45, 2.75) is 6.54 Å². The summed E-state index contributed by atoms with van der Waals surface area (Å²) in [6, 6.07) is 10.9. The van der Waals surface area contributed by atoms with Gasteiger partial charge in [0.15, 0.2) is 0 Å². The molecule has 2 rings (SSSR count). The van der Waals surface area contributed by atoms with Gasteiger partial charge in [0.25, 0.3) is 5.91 Å². The largest absolute Gasteiger partial charge is 0.399 e. The number of rotatable bonds is 3. The van der Waals surface area contributed by atoms with Crippen LogP contribution in [0.4, 0.5) is 5.69 Å². The van der Waals surface area contributed by atoms with Gasteiger partial charge in [0.05, 0.1) is 0 Å². The number of nitrogens with one attached hydrogen (secondary N) is 1. The number of benzene rings is 1. The van der Waals surface area contributed by atoms with Crippen LogP contribution in [0.25, 0.3) is 0 Å². The van der Waals surface area contributed by atoms with Crippen LogP contribution < -0.4 is 11.1 Å². The Kier molecular flexibility index (Phi) is 3.94. The van der Waals surface area contributed by atoms with Gasteiger partial charge in [-0.25, -0.2) is 0 Å². The fourth-order valence-electron chi connectivity index (χ4n) is 1.45. The Bertz CT molecular complexity index is 554. The molecule has 18 heavy (non-hydrogen) atoms. The van der Waals surface area contributed by atoms with Crippen molar-refractivity contribution in [2.24, 2.45) is 0 Å². The number of pyridine rings is 1. The molecule has 0 unspecified atom stereocenters. The highest BCUT2D eigenvalue weighted by Crippen LogP contribution is 2.10. The molecule has 0 radical (unpaired) electrons. The molecule has 0 bridgehead atoms. The SMILES string of the molecule is Nc1ccnc(C(=O)NCc2ccc(Br)cc2)c1. The molecule has 4 nitrogen and oxygen atoms in total. The van der Waals surface area contributed by atoms with Gasteiger partial charge in [-0.3, -0.25) is 9.78 Å². The molecule has 0 aliphatic rings. The van der Waals surface area contributed by atoms with Crippen LogP contribution >= 0.6 is 15.9 Å². The highest BCUT2D eigenvalue weighted by Gasteiger charge is 2.06. The Balaban J connectivity index is 1.98. The summed E-state index contributed by atoms with van der Waals surface area (Å²) in [6.45, 7) is 0.461. The van der Waals surface area contributed by atoms with Crippen LogP contribution in [0, 0.1) is 0 Å². The van der Waals surface area contributed by atoms with E-state index in [1.165, 1.54) is 6.20 Å². The van der Waals surface area contributed by atoms with Crippen molar-refractivity contribution < 1.29 is 4.79 Å².